The quantitative estimate of drug-likeness (QED) is 0.727. The Morgan fingerprint density at radius 2 is 1.93 bits per heavy atom. The van der Waals surface area contributed by atoms with Crippen LogP contribution >= 0.6 is 0 Å². The summed E-state index contributed by atoms with van der Waals surface area (Å²) in [4.78, 5) is 11.4. The molecule has 0 amide bonds. The molecule has 1 atom stereocenters. The van der Waals surface area contributed by atoms with Gasteiger partial charge in [-0.15, -0.1) is 0 Å². The van der Waals surface area contributed by atoms with Crippen molar-refractivity contribution in [3.63, 3.8) is 0 Å². The molecule has 0 radical (unpaired) electrons. The maximum Gasteiger partial charge on any atom is 0.247 e. The number of carbonyl (C=O) groups excluding carboxylic acids is 1. The van der Waals surface area contributed by atoms with Crippen molar-refractivity contribution in [2.75, 3.05) is 0 Å². The molecule has 1 aliphatic heterocycles. The molecule has 1 heterocycles. The predicted octanol–water partition coefficient (Wildman–Crippen LogP) is 1.15. The van der Waals surface area contributed by atoms with E-state index in [0.29, 0.717) is 5.56 Å². The van der Waals surface area contributed by atoms with Gasteiger partial charge in [-0.25, -0.2) is 4.39 Å². The fourth-order valence-corrected chi connectivity index (χ4v) is 1.34. The lowest BCUT2D eigenvalue weighted by Gasteiger charge is -2.09. The Balaban J connectivity index is 2.29. The van der Waals surface area contributed by atoms with Crippen LogP contribution in [0.15, 0.2) is 35.9 Å². The lowest BCUT2D eigenvalue weighted by molar-refractivity contribution is -0.123. The number of aliphatic hydroxyl groups is 1. The number of benzene rings is 1. The summed E-state index contributed by atoms with van der Waals surface area (Å²) >= 11 is 0. The summed E-state index contributed by atoms with van der Waals surface area (Å²) in [6.07, 6.45) is -0.967. The minimum absolute atomic E-state index is 0.297. The Labute approximate surface area is 84.8 Å². The molecule has 3 N–H and O–H groups in total. The first-order valence-corrected chi connectivity index (χ1v) is 4.24. The normalized spacial score (nSPS) is 20.6. The molecule has 0 spiro atoms. The highest BCUT2D eigenvalue weighted by molar-refractivity contribution is 5.99. The molecule has 0 bridgehead atoms. The van der Waals surface area contributed by atoms with Crippen molar-refractivity contribution < 1.29 is 19.0 Å². The Hall–Kier alpha value is -2.04. The number of rotatable bonds is 1. The number of halogens is 1. The average molecular weight is 209 g/mol. The molecule has 0 aromatic heterocycles. The lowest BCUT2D eigenvalue weighted by Crippen LogP contribution is -2.09. The summed E-state index contributed by atoms with van der Waals surface area (Å²) in [5, 5.41) is 9.16. The minimum atomic E-state index is -0.967. The number of hydrogen-bond donors (Lipinski definition) is 2. The number of hydrogen-bond acceptors (Lipinski definition) is 4. The summed E-state index contributed by atoms with van der Waals surface area (Å²) < 4.78 is 17.6. The maximum absolute atomic E-state index is 12.6. The Morgan fingerprint density at radius 3 is 2.40 bits per heavy atom. The van der Waals surface area contributed by atoms with Gasteiger partial charge in [0.05, 0.1) is 0 Å². The van der Waals surface area contributed by atoms with Crippen LogP contribution in [0.1, 0.15) is 11.7 Å². The molecular weight excluding hydrogens is 201 g/mol. The topological polar surface area (TPSA) is 72.5 Å². The van der Waals surface area contributed by atoms with Gasteiger partial charge in [-0.2, -0.15) is 0 Å². The Morgan fingerprint density at radius 1 is 1.33 bits per heavy atom. The molecule has 1 aromatic rings. The molecule has 5 heteroatoms. The summed E-state index contributed by atoms with van der Waals surface area (Å²) in [5.41, 5.74) is 5.69. The smallest absolute Gasteiger partial charge is 0.247 e. The van der Waals surface area contributed by atoms with Crippen LogP contribution in [0, 0.1) is 5.82 Å². The average Bonchev–Trinajstić information content (AvgIpc) is 2.47. The van der Waals surface area contributed by atoms with Crippen molar-refractivity contribution in [3.8, 4) is 0 Å². The van der Waals surface area contributed by atoms with Crippen molar-refractivity contribution in [2.45, 2.75) is 6.10 Å². The third kappa shape index (κ3) is 1.52. The SMILES string of the molecule is NC1=C(O)C(=O)[C@@H](c2ccc(F)cc2)O1. The fraction of sp³-hybridized carbons (Fsp3) is 0.100. The van der Waals surface area contributed by atoms with Crippen molar-refractivity contribution >= 4 is 5.78 Å². The molecule has 2 rings (SSSR count). The predicted molar refractivity (Wildman–Crippen MR) is 49.1 cm³/mol. The van der Waals surface area contributed by atoms with E-state index < -0.39 is 23.5 Å². The number of aliphatic hydroxyl groups excluding tert-OH is 1. The van der Waals surface area contributed by atoms with Crippen LogP contribution in [-0.4, -0.2) is 10.9 Å². The first kappa shape index (κ1) is 9.51. The zero-order chi connectivity index (χ0) is 11.0. The number of ketones is 1. The standard InChI is InChI=1S/C10H8FNO3/c11-6-3-1-5(2-4-6)9-7(13)8(14)10(12)15-9/h1-4,9,14H,12H2/t9-/m1/s1. The third-order valence-corrected chi connectivity index (χ3v) is 2.12. The van der Waals surface area contributed by atoms with Crippen LogP contribution in [0.5, 0.6) is 0 Å². The van der Waals surface area contributed by atoms with E-state index in [-0.39, 0.29) is 5.88 Å². The van der Waals surface area contributed by atoms with Gasteiger partial charge in [-0.05, 0) is 12.1 Å². The zero-order valence-electron chi connectivity index (χ0n) is 7.61. The molecule has 78 valence electrons. The van der Waals surface area contributed by atoms with Crippen molar-refractivity contribution in [2.24, 2.45) is 5.73 Å². The molecular formula is C10H8FNO3. The second-order valence-corrected chi connectivity index (χ2v) is 3.13. The first-order chi connectivity index (χ1) is 7.09. The zero-order valence-corrected chi connectivity index (χ0v) is 7.61. The second kappa shape index (κ2) is 3.27. The molecule has 0 fully saturated rings. The van der Waals surface area contributed by atoms with Gasteiger partial charge in [0, 0.05) is 5.56 Å². The van der Waals surface area contributed by atoms with Crippen molar-refractivity contribution in [1.82, 2.24) is 0 Å². The van der Waals surface area contributed by atoms with Crippen molar-refractivity contribution in [1.29, 1.82) is 0 Å². The highest BCUT2D eigenvalue weighted by atomic mass is 19.1. The Kier molecular flexibility index (Phi) is 2.07. The maximum atomic E-state index is 12.6. The summed E-state index contributed by atoms with van der Waals surface area (Å²) in [5.74, 6) is -1.90. The number of nitrogens with two attached hydrogens (primary N) is 1. The van der Waals surface area contributed by atoms with Gasteiger partial charge in [0.1, 0.15) is 5.82 Å². The van der Waals surface area contributed by atoms with Crippen LogP contribution in [0.4, 0.5) is 4.39 Å². The number of carbonyl (C=O) groups is 1. The van der Waals surface area contributed by atoms with Crippen LogP contribution in [0.3, 0.4) is 0 Å². The molecule has 15 heavy (non-hydrogen) atoms. The second-order valence-electron chi connectivity index (χ2n) is 3.13. The van der Waals surface area contributed by atoms with Gasteiger partial charge in [0.25, 0.3) is 0 Å². The molecule has 1 aromatic carbocycles. The first-order valence-electron chi connectivity index (χ1n) is 4.24. The van der Waals surface area contributed by atoms with E-state index in [1.807, 2.05) is 0 Å². The van der Waals surface area contributed by atoms with Crippen LogP contribution < -0.4 is 5.73 Å². The molecule has 0 saturated heterocycles. The molecule has 0 saturated carbocycles. The van der Waals surface area contributed by atoms with E-state index in [9.17, 15) is 9.18 Å². The Bertz CT molecular complexity index is 438. The largest absolute Gasteiger partial charge is 0.501 e. The van der Waals surface area contributed by atoms with E-state index in [4.69, 9.17) is 15.6 Å². The summed E-state index contributed by atoms with van der Waals surface area (Å²) in [6, 6.07) is 5.22. The van der Waals surface area contributed by atoms with E-state index in [1.165, 1.54) is 24.3 Å². The number of ether oxygens (including phenoxy) is 1. The molecule has 1 aliphatic rings. The van der Waals surface area contributed by atoms with Gasteiger partial charge < -0.3 is 15.6 Å². The van der Waals surface area contributed by atoms with Crippen LogP contribution in [-0.2, 0) is 9.53 Å². The van der Waals surface area contributed by atoms with Gasteiger partial charge in [0.2, 0.25) is 17.4 Å². The van der Waals surface area contributed by atoms with E-state index in [0.717, 1.165) is 0 Å². The number of Topliss-reactive ketones (excluding diaryl/α,β-unsaturated/α-hetero) is 1. The van der Waals surface area contributed by atoms with Gasteiger partial charge >= 0.3 is 0 Å². The van der Waals surface area contributed by atoms with E-state index >= 15 is 0 Å². The lowest BCUT2D eigenvalue weighted by atomic mass is 10.1. The van der Waals surface area contributed by atoms with Gasteiger partial charge in [-0.3, -0.25) is 4.79 Å². The third-order valence-electron chi connectivity index (χ3n) is 2.12. The summed E-state index contributed by atoms with van der Waals surface area (Å²) in [7, 11) is 0. The minimum Gasteiger partial charge on any atom is -0.501 e. The monoisotopic (exact) mass is 209 g/mol. The van der Waals surface area contributed by atoms with E-state index in [2.05, 4.69) is 0 Å². The molecule has 0 aliphatic carbocycles. The highest BCUT2D eigenvalue weighted by Gasteiger charge is 2.35. The molecule has 4 nitrogen and oxygen atoms in total. The van der Waals surface area contributed by atoms with Gasteiger partial charge in [0.15, 0.2) is 6.10 Å². The van der Waals surface area contributed by atoms with Crippen LogP contribution in [0.25, 0.3) is 0 Å². The fourth-order valence-electron chi connectivity index (χ4n) is 1.34. The van der Waals surface area contributed by atoms with Crippen LogP contribution in [0.2, 0.25) is 0 Å². The molecule has 0 unspecified atom stereocenters. The summed E-state index contributed by atoms with van der Waals surface area (Å²) in [6.45, 7) is 0. The van der Waals surface area contributed by atoms with Gasteiger partial charge in [-0.1, -0.05) is 12.1 Å². The highest BCUT2D eigenvalue weighted by Crippen LogP contribution is 2.29. The van der Waals surface area contributed by atoms with Crippen molar-refractivity contribution in [3.05, 3.63) is 47.3 Å². The van der Waals surface area contributed by atoms with E-state index in [1.54, 1.807) is 0 Å².